The van der Waals surface area contributed by atoms with Crippen LogP contribution in [0, 0.1) is 6.92 Å². The van der Waals surface area contributed by atoms with E-state index < -0.39 is 0 Å². The first kappa shape index (κ1) is 10.7. The van der Waals surface area contributed by atoms with Crippen LogP contribution in [0.5, 0.6) is 0 Å². The summed E-state index contributed by atoms with van der Waals surface area (Å²) in [6.45, 7) is 1.96. The summed E-state index contributed by atoms with van der Waals surface area (Å²) in [4.78, 5) is 8.87. The number of hydrogen-bond donors (Lipinski definition) is 1. The number of aryl methyl sites for hydroxylation is 1. The van der Waals surface area contributed by atoms with Crippen molar-refractivity contribution in [3.05, 3.63) is 23.7 Å². The minimum atomic E-state index is 0.290. The standard InChI is InChI=1S/C13H17N3O/c1-8-5-6-11-12(15-8)16-13(17-11)9-3-2-4-10(14)7-9/h5-6,9-10H,2-4,7,14H2,1H3. The fourth-order valence-electron chi connectivity index (χ4n) is 2.56. The van der Waals surface area contributed by atoms with Crippen LogP contribution in [0.3, 0.4) is 0 Å². The van der Waals surface area contributed by atoms with Gasteiger partial charge >= 0.3 is 0 Å². The third-order valence-corrected chi connectivity index (χ3v) is 3.47. The summed E-state index contributed by atoms with van der Waals surface area (Å²) in [7, 11) is 0. The molecular formula is C13H17N3O. The van der Waals surface area contributed by atoms with E-state index in [0.29, 0.717) is 12.0 Å². The molecule has 3 rings (SSSR count). The van der Waals surface area contributed by atoms with Crippen molar-refractivity contribution >= 4 is 11.2 Å². The zero-order valence-corrected chi connectivity index (χ0v) is 10.0. The van der Waals surface area contributed by atoms with Gasteiger partial charge in [-0.05, 0) is 38.3 Å². The summed E-state index contributed by atoms with van der Waals surface area (Å²) in [6.07, 6.45) is 4.39. The molecular weight excluding hydrogens is 214 g/mol. The molecule has 2 aromatic heterocycles. The van der Waals surface area contributed by atoms with Crippen molar-refractivity contribution in [3.8, 4) is 0 Å². The molecule has 2 aromatic rings. The average Bonchev–Trinajstić information content (AvgIpc) is 2.72. The maximum atomic E-state index is 6.00. The Morgan fingerprint density at radius 2 is 2.18 bits per heavy atom. The minimum absolute atomic E-state index is 0.290. The van der Waals surface area contributed by atoms with E-state index in [1.165, 1.54) is 0 Å². The number of aromatic nitrogens is 2. The lowest BCUT2D eigenvalue weighted by atomic mass is 9.86. The van der Waals surface area contributed by atoms with Gasteiger partial charge in [-0.1, -0.05) is 6.42 Å². The lowest BCUT2D eigenvalue weighted by Crippen LogP contribution is -2.26. The Morgan fingerprint density at radius 3 is 3.00 bits per heavy atom. The molecule has 0 amide bonds. The predicted molar refractivity (Wildman–Crippen MR) is 65.7 cm³/mol. The Hall–Kier alpha value is -1.42. The molecule has 0 saturated heterocycles. The fraction of sp³-hybridized carbons (Fsp3) is 0.538. The molecule has 1 aliphatic carbocycles. The van der Waals surface area contributed by atoms with Crippen molar-refractivity contribution < 1.29 is 4.42 Å². The highest BCUT2D eigenvalue weighted by molar-refractivity contribution is 5.67. The number of hydrogen-bond acceptors (Lipinski definition) is 4. The predicted octanol–water partition coefficient (Wildman–Crippen LogP) is 2.52. The van der Waals surface area contributed by atoms with Crippen molar-refractivity contribution in [3.63, 3.8) is 0 Å². The van der Waals surface area contributed by atoms with E-state index in [9.17, 15) is 0 Å². The largest absolute Gasteiger partial charge is 0.439 e. The van der Waals surface area contributed by atoms with Crippen LogP contribution < -0.4 is 5.73 Å². The van der Waals surface area contributed by atoms with E-state index in [-0.39, 0.29) is 0 Å². The van der Waals surface area contributed by atoms with Crippen molar-refractivity contribution in [2.24, 2.45) is 5.73 Å². The summed E-state index contributed by atoms with van der Waals surface area (Å²) in [5, 5.41) is 0. The molecule has 0 bridgehead atoms. The first-order valence-electron chi connectivity index (χ1n) is 6.22. The molecule has 0 aromatic carbocycles. The Morgan fingerprint density at radius 1 is 1.29 bits per heavy atom. The summed E-state index contributed by atoms with van der Waals surface area (Å²) in [5.74, 6) is 1.18. The molecule has 0 aliphatic heterocycles. The monoisotopic (exact) mass is 231 g/mol. The number of nitrogens with zero attached hydrogens (tertiary/aromatic N) is 2. The molecule has 2 heterocycles. The van der Waals surface area contributed by atoms with Gasteiger partial charge in [-0.25, -0.2) is 4.98 Å². The highest BCUT2D eigenvalue weighted by Gasteiger charge is 2.25. The highest BCUT2D eigenvalue weighted by Crippen LogP contribution is 2.32. The third kappa shape index (κ3) is 2.05. The van der Waals surface area contributed by atoms with Crippen molar-refractivity contribution in [2.45, 2.75) is 44.6 Å². The molecule has 0 spiro atoms. The normalized spacial score (nSPS) is 25.3. The molecule has 4 heteroatoms. The second-order valence-electron chi connectivity index (χ2n) is 4.95. The van der Waals surface area contributed by atoms with Gasteiger partial charge in [0.15, 0.2) is 17.1 Å². The summed E-state index contributed by atoms with van der Waals surface area (Å²) >= 11 is 0. The zero-order chi connectivity index (χ0) is 11.8. The van der Waals surface area contributed by atoms with E-state index in [1.54, 1.807) is 0 Å². The van der Waals surface area contributed by atoms with Crippen LogP contribution in [0.25, 0.3) is 11.2 Å². The van der Waals surface area contributed by atoms with Crippen LogP contribution in [-0.4, -0.2) is 16.0 Å². The van der Waals surface area contributed by atoms with Gasteiger partial charge in [0.1, 0.15) is 0 Å². The first-order chi connectivity index (χ1) is 8.22. The van der Waals surface area contributed by atoms with Crippen molar-refractivity contribution in [1.29, 1.82) is 0 Å². The van der Waals surface area contributed by atoms with Crippen LogP contribution in [0.4, 0.5) is 0 Å². The van der Waals surface area contributed by atoms with E-state index in [0.717, 1.165) is 48.5 Å². The van der Waals surface area contributed by atoms with E-state index >= 15 is 0 Å². The topological polar surface area (TPSA) is 64.9 Å². The molecule has 2 atom stereocenters. The maximum Gasteiger partial charge on any atom is 0.200 e. The molecule has 0 radical (unpaired) electrons. The maximum absolute atomic E-state index is 6.00. The highest BCUT2D eigenvalue weighted by atomic mass is 16.3. The van der Waals surface area contributed by atoms with E-state index in [2.05, 4.69) is 9.97 Å². The van der Waals surface area contributed by atoms with Gasteiger partial charge in [-0.2, -0.15) is 4.98 Å². The number of oxazole rings is 1. The number of rotatable bonds is 1. The Labute approximate surface area is 100 Å². The van der Waals surface area contributed by atoms with Crippen LogP contribution in [0.15, 0.2) is 16.5 Å². The van der Waals surface area contributed by atoms with Crippen LogP contribution in [0.2, 0.25) is 0 Å². The van der Waals surface area contributed by atoms with Crippen LogP contribution >= 0.6 is 0 Å². The molecule has 17 heavy (non-hydrogen) atoms. The molecule has 1 aliphatic rings. The lowest BCUT2D eigenvalue weighted by Gasteiger charge is -2.23. The molecule has 2 unspecified atom stereocenters. The third-order valence-electron chi connectivity index (χ3n) is 3.47. The smallest absolute Gasteiger partial charge is 0.200 e. The van der Waals surface area contributed by atoms with Gasteiger partial charge in [-0.3, -0.25) is 0 Å². The fourth-order valence-corrected chi connectivity index (χ4v) is 2.56. The van der Waals surface area contributed by atoms with Gasteiger partial charge in [0.05, 0.1) is 0 Å². The second-order valence-corrected chi connectivity index (χ2v) is 4.95. The zero-order valence-electron chi connectivity index (χ0n) is 10.0. The van der Waals surface area contributed by atoms with Crippen LogP contribution in [0.1, 0.15) is 43.2 Å². The Bertz CT molecular complexity index is 534. The molecule has 1 fully saturated rings. The Balaban J connectivity index is 1.94. The van der Waals surface area contributed by atoms with E-state index in [1.807, 2.05) is 19.1 Å². The summed E-state index contributed by atoms with van der Waals surface area (Å²) < 4.78 is 5.78. The van der Waals surface area contributed by atoms with Gasteiger partial charge in [-0.15, -0.1) is 0 Å². The number of nitrogens with two attached hydrogens (primary N) is 1. The van der Waals surface area contributed by atoms with Crippen LogP contribution in [-0.2, 0) is 0 Å². The number of pyridine rings is 1. The first-order valence-corrected chi connectivity index (χ1v) is 6.22. The summed E-state index contributed by atoms with van der Waals surface area (Å²) in [6, 6.07) is 4.18. The van der Waals surface area contributed by atoms with Gasteiger partial charge in [0.2, 0.25) is 0 Å². The molecule has 90 valence electrons. The van der Waals surface area contributed by atoms with E-state index in [4.69, 9.17) is 10.2 Å². The van der Waals surface area contributed by atoms with Gasteiger partial charge in [0, 0.05) is 17.7 Å². The SMILES string of the molecule is Cc1ccc2oc(C3CCCC(N)C3)nc2n1. The number of fused-ring (bicyclic) bond motifs is 1. The Kier molecular flexibility index (Phi) is 2.59. The van der Waals surface area contributed by atoms with Crippen molar-refractivity contribution in [1.82, 2.24) is 9.97 Å². The average molecular weight is 231 g/mol. The lowest BCUT2D eigenvalue weighted by molar-refractivity contribution is 0.343. The van der Waals surface area contributed by atoms with Crippen molar-refractivity contribution in [2.75, 3.05) is 0 Å². The molecule has 1 saturated carbocycles. The van der Waals surface area contributed by atoms with Gasteiger partial charge < -0.3 is 10.2 Å². The molecule has 2 N–H and O–H groups in total. The molecule has 4 nitrogen and oxygen atoms in total. The second kappa shape index (κ2) is 4.11. The van der Waals surface area contributed by atoms with Gasteiger partial charge in [0.25, 0.3) is 0 Å². The summed E-state index contributed by atoms with van der Waals surface area (Å²) in [5.41, 5.74) is 8.47. The minimum Gasteiger partial charge on any atom is -0.439 e. The quantitative estimate of drug-likeness (QED) is 0.819.